The molecule has 1 atom stereocenters. The zero-order chi connectivity index (χ0) is 12.0. The van der Waals surface area contributed by atoms with Crippen molar-refractivity contribution in [1.82, 2.24) is 10.3 Å². The van der Waals surface area contributed by atoms with Crippen molar-refractivity contribution < 1.29 is 4.74 Å². The topological polar surface area (TPSA) is 34.1 Å². The zero-order valence-electron chi connectivity index (χ0n) is 10.6. The van der Waals surface area contributed by atoms with Gasteiger partial charge in [0.05, 0.1) is 18.3 Å². The average Bonchev–Trinajstić information content (AvgIpc) is 2.74. The second-order valence-electron chi connectivity index (χ2n) is 4.17. The van der Waals surface area contributed by atoms with Crippen LogP contribution in [0.2, 0.25) is 0 Å². The highest BCUT2D eigenvalue weighted by Crippen LogP contribution is 2.24. The number of nitrogens with zero attached hydrogens (tertiary/aromatic N) is 1. The van der Waals surface area contributed by atoms with Crippen molar-refractivity contribution in [3.63, 3.8) is 0 Å². The predicted molar refractivity (Wildman–Crippen MR) is 69.1 cm³/mol. The predicted octanol–water partition coefficient (Wildman–Crippen LogP) is 2.95. The van der Waals surface area contributed by atoms with E-state index in [4.69, 9.17) is 4.74 Å². The first kappa shape index (κ1) is 13.6. The molecule has 0 amide bonds. The summed E-state index contributed by atoms with van der Waals surface area (Å²) >= 11 is 1.75. The highest BCUT2D eigenvalue weighted by atomic mass is 32.1. The van der Waals surface area contributed by atoms with E-state index < -0.39 is 0 Å². The van der Waals surface area contributed by atoms with Crippen LogP contribution in [-0.2, 0) is 4.74 Å². The molecule has 92 valence electrons. The Bertz CT molecular complexity index is 299. The van der Waals surface area contributed by atoms with Gasteiger partial charge in [0.1, 0.15) is 5.01 Å². The van der Waals surface area contributed by atoms with Gasteiger partial charge in [-0.2, -0.15) is 0 Å². The van der Waals surface area contributed by atoms with Gasteiger partial charge in [-0.15, -0.1) is 11.3 Å². The first-order valence-electron chi connectivity index (χ1n) is 5.86. The Kier molecular flexibility index (Phi) is 5.95. The second-order valence-corrected chi connectivity index (χ2v) is 5.06. The number of hydrogen-bond acceptors (Lipinski definition) is 4. The second kappa shape index (κ2) is 6.99. The van der Waals surface area contributed by atoms with Gasteiger partial charge in [0.15, 0.2) is 0 Å². The van der Waals surface area contributed by atoms with Crippen LogP contribution in [-0.4, -0.2) is 25.2 Å². The number of nitrogens with one attached hydrogen (secondary N) is 1. The lowest BCUT2D eigenvalue weighted by molar-refractivity contribution is 0.195. The summed E-state index contributed by atoms with van der Waals surface area (Å²) in [5.74, 6) is 0.515. The third-order valence-electron chi connectivity index (χ3n) is 2.53. The van der Waals surface area contributed by atoms with Crippen LogP contribution in [0.15, 0.2) is 5.38 Å². The molecular weight excluding hydrogens is 220 g/mol. The summed E-state index contributed by atoms with van der Waals surface area (Å²) < 4.78 is 5.04. The maximum absolute atomic E-state index is 5.04. The molecule has 0 fully saturated rings. The molecule has 1 rings (SSSR count). The molecule has 1 unspecified atom stereocenters. The lowest BCUT2D eigenvalue weighted by atomic mass is 10.1. The molecule has 0 aromatic carbocycles. The molecule has 0 bridgehead atoms. The van der Waals surface area contributed by atoms with Crippen molar-refractivity contribution in [1.29, 1.82) is 0 Å². The van der Waals surface area contributed by atoms with Crippen LogP contribution in [0.25, 0.3) is 0 Å². The van der Waals surface area contributed by atoms with E-state index in [9.17, 15) is 0 Å². The minimum atomic E-state index is 0.368. The summed E-state index contributed by atoms with van der Waals surface area (Å²) in [6.45, 7) is 8.17. The van der Waals surface area contributed by atoms with Gasteiger partial charge >= 0.3 is 0 Å². The van der Waals surface area contributed by atoms with Crippen molar-refractivity contribution in [2.75, 3.05) is 20.3 Å². The van der Waals surface area contributed by atoms with Crippen LogP contribution in [0, 0.1) is 0 Å². The van der Waals surface area contributed by atoms with Gasteiger partial charge < -0.3 is 10.1 Å². The number of aromatic nitrogens is 1. The van der Waals surface area contributed by atoms with E-state index in [1.807, 2.05) is 0 Å². The Morgan fingerprint density at radius 1 is 1.50 bits per heavy atom. The standard InChI is InChI=1S/C12H22N2OS/c1-5-10(13-6-7-15-4)12-14-11(8-16-12)9(2)3/h8-10,13H,5-7H2,1-4H3. The van der Waals surface area contributed by atoms with Crippen molar-refractivity contribution >= 4 is 11.3 Å². The fourth-order valence-electron chi connectivity index (χ4n) is 1.47. The summed E-state index contributed by atoms with van der Waals surface area (Å²) in [5.41, 5.74) is 1.20. The van der Waals surface area contributed by atoms with Crippen LogP contribution < -0.4 is 5.32 Å². The Balaban J connectivity index is 2.56. The maximum Gasteiger partial charge on any atom is 0.110 e. The summed E-state index contributed by atoms with van der Waals surface area (Å²) in [5, 5.41) is 6.83. The lowest BCUT2D eigenvalue weighted by Gasteiger charge is -2.13. The van der Waals surface area contributed by atoms with Crippen LogP contribution in [0.5, 0.6) is 0 Å². The van der Waals surface area contributed by atoms with Crippen molar-refractivity contribution in [3.05, 3.63) is 16.1 Å². The Morgan fingerprint density at radius 2 is 2.25 bits per heavy atom. The third kappa shape index (κ3) is 3.85. The highest BCUT2D eigenvalue weighted by molar-refractivity contribution is 7.09. The van der Waals surface area contributed by atoms with Gasteiger partial charge in [0.2, 0.25) is 0 Å². The van der Waals surface area contributed by atoms with E-state index in [-0.39, 0.29) is 0 Å². The van der Waals surface area contributed by atoms with Gasteiger partial charge in [-0.25, -0.2) is 4.98 Å². The van der Waals surface area contributed by atoms with Crippen molar-refractivity contribution in [2.45, 2.75) is 39.2 Å². The molecule has 0 saturated carbocycles. The zero-order valence-corrected chi connectivity index (χ0v) is 11.4. The molecule has 0 radical (unpaired) electrons. The van der Waals surface area contributed by atoms with Crippen LogP contribution in [0.1, 0.15) is 49.9 Å². The van der Waals surface area contributed by atoms with Gasteiger partial charge in [0.25, 0.3) is 0 Å². The Hall–Kier alpha value is -0.450. The summed E-state index contributed by atoms with van der Waals surface area (Å²) in [4.78, 5) is 4.67. The molecule has 0 aliphatic rings. The molecule has 0 aliphatic heterocycles. The molecule has 4 heteroatoms. The number of hydrogen-bond donors (Lipinski definition) is 1. The molecule has 1 N–H and O–H groups in total. The Morgan fingerprint density at radius 3 is 2.75 bits per heavy atom. The average molecular weight is 242 g/mol. The number of ether oxygens (including phenoxy) is 1. The van der Waals surface area contributed by atoms with Gasteiger partial charge in [-0.3, -0.25) is 0 Å². The molecule has 1 aromatic rings. The normalized spacial score (nSPS) is 13.3. The summed E-state index contributed by atoms with van der Waals surface area (Å²) in [6.07, 6.45) is 1.06. The van der Waals surface area contributed by atoms with Crippen molar-refractivity contribution in [3.8, 4) is 0 Å². The highest BCUT2D eigenvalue weighted by Gasteiger charge is 2.13. The van der Waals surface area contributed by atoms with E-state index in [1.165, 1.54) is 10.7 Å². The number of methoxy groups -OCH3 is 1. The van der Waals surface area contributed by atoms with Crippen LogP contribution in [0.4, 0.5) is 0 Å². The fourth-order valence-corrected chi connectivity index (χ4v) is 2.61. The molecule has 16 heavy (non-hydrogen) atoms. The number of thiazole rings is 1. The maximum atomic E-state index is 5.04. The monoisotopic (exact) mass is 242 g/mol. The Labute approximate surface area is 102 Å². The van der Waals surface area contributed by atoms with Crippen LogP contribution >= 0.6 is 11.3 Å². The van der Waals surface area contributed by atoms with E-state index in [0.29, 0.717) is 12.0 Å². The minimum absolute atomic E-state index is 0.368. The van der Waals surface area contributed by atoms with E-state index in [0.717, 1.165) is 19.6 Å². The van der Waals surface area contributed by atoms with Gasteiger partial charge in [-0.1, -0.05) is 20.8 Å². The van der Waals surface area contributed by atoms with Crippen molar-refractivity contribution in [2.24, 2.45) is 0 Å². The lowest BCUT2D eigenvalue weighted by Crippen LogP contribution is -2.24. The first-order chi connectivity index (χ1) is 7.69. The molecule has 3 nitrogen and oxygen atoms in total. The van der Waals surface area contributed by atoms with Crippen LogP contribution in [0.3, 0.4) is 0 Å². The molecule has 0 saturated heterocycles. The molecule has 1 heterocycles. The van der Waals surface area contributed by atoms with Gasteiger partial charge in [0, 0.05) is 19.0 Å². The molecule has 1 aromatic heterocycles. The molecular formula is C12H22N2OS. The quantitative estimate of drug-likeness (QED) is 0.746. The summed E-state index contributed by atoms with van der Waals surface area (Å²) in [6, 6.07) is 0.368. The molecule has 0 spiro atoms. The van der Waals surface area contributed by atoms with E-state index >= 15 is 0 Å². The SMILES string of the molecule is CCC(NCCOC)c1nc(C(C)C)cs1. The third-order valence-corrected chi connectivity index (χ3v) is 3.51. The smallest absolute Gasteiger partial charge is 0.110 e. The number of rotatable bonds is 7. The fraction of sp³-hybridized carbons (Fsp3) is 0.750. The first-order valence-corrected chi connectivity index (χ1v) is 6.74. The minimum Gasteiger partial charge on any atom is -0.383 e. The molecule has 0 aliphatic carbocycles. The van der Waals surface area contributed by atoms with E-state index in [1.54, 1.807) is 18.4 Å². The summed E-state index contributed by atoms with van der Waals surface area (Å²) in [7, 11) is 1.73. The largest absolute Gasteiger partial charge is 0.383 e. The van der Waals surface area contributed by atoms with E-state index in [2.05, 4.69) is 36.5 Å². The van der Waals surface area contributed by atoms with Gasteiger partial charge in [-0.05, 0) is 12.3 Å².